The molecule has 0 amide bonds. The maximum atomic E-state index is 5.80. The van der Waals surface area contributed by atoms with E-state index >= 15 is 0 Å². The molecule has 1 unspecified atom stereocenters. The zero-order chi connectivity index (χ0) is 15.1. The number of nitrogens with zero attached hydrogens (tertiary/aromatic N) is 1. The van der Waals surface area contributed by atoms with Gasteiger partial charge in [0.05, 0.1) is 13.2 Å². The Hall–Kier alpha value is -1.26. The number of likely N-dealkylation sites (N-methyl/N-ethyl adjacent to an activating group) is 2. The van der Waals surface area contributed by atoms with Gasteiger partial charge in [0.15, 0.2) is 11.5 Å². The molecule has 1 aromatic rings. The number of hydrogen-bond donors (Lipinski definition) is 1. The predicted octanol–water partition coefficient (Wildman–Crippen LogP) is 2.84. The van der Waals surface area contributed by atoms with Crippen molar-refractivity contribution in [2.45, 2.75) is 32.7 Å². The summed E-state index contributed by atoms with van der Waals surface area (Å²) in [6.45, 7) is 8.91. The lowest BCUT2D eigenvalue weighted by Crippen LogP contribution is -2.33. The van der Waals surface area contributed by atoms with E-state index in [0.717, 1.165) is 50.8 Å². The van der Waals surface area contributed by atoms with Gasteiger partial charge in [0.1, 0.15) is 0 Å². The van der Waals surface area contributed by atoms with Crippen LogP contribution in [0.4, 0.5) is 0 Å². The second kappa shape index (κ2) is 8.25. The summed E-state index contributed by atoms with van der Waals surface area (Å²) in [4.78, 5) is 2.37. The molecule has 118 valence electrons. The lowest BCUT2D eigenvalue weighted by molar-refractivity contribution is 0.290. The average molecular weight is 292 g/mol. The van der Waals surface area contributed by atoms with Crippen molar-refractivity contribution in [1.29, 1.82) is 0 Å². The molecule has 0 fully saturated rings. The zero-order valence-electron chi connectivity index (χ0n) is 13.5. The largest absolute Gasteiger partial charge is 0.490 e. The van der Waals surface area contributed by atoms with Crippen molar-refractivity contribution < 1.29 is 9.47 Å². The van der Waals surface area contributed by atoms with Crippen LogP contribution in [-0.2, 0) is 0 Å². The molecule has 0 saturated heterocycles. The van der Waals surface area contributed by atoms with Crippen molar-refractivity contribution in [3.63, 3.8) is 0 Å². The summed E-state index contributed by atoms with van der Waals surface area (Å²) in [5.41, 5.74) is 1.27. The van der Waals surface area contributed by atoms with Crippen LogP contribution in [0.5, 0.6) is 11.5 Å². The van der Waals surface area contributed by atoms with Crippen LogP contribution in [0.1, 0.15) is 38.3 Å². The number of nitrogens with one attached hydrogen (secondary N) is 1. The summed E-state index contributed by atoms with van der Waals surface area (Å²) in [6.07, 6.45) is 2.12. The van der Waals surface area contributed by atoms with Gasteiger partial charge in [0.25, 0.3) is 0 Å². The van der Waals surface area contributed by atoms with Crippen molar-refractivity contribution in [1.82, 2.24) is 10.2 Å². The lowest BCUT2D eigenvalue weighted by Gasteiger charge is -2.25. The van der Waals surface area contributed by atoms with Crippen LogP contribution in [-0.4, -0.2) is 44.8 Å². The maximum absolute atomic E-state index is 5.80. The molecule has 2 rings (SSSR count). The van der Waals surface area contributed by atoms with E-state index in [9.17, 15) is 0 Å². The molecule has 1 aliphatic rings. The van der Waals surface area contributed by atoms with Gasteiger partial charge in [-0.2, -0.15) is 0 Å². The maximum Gasteiger partial charge on any atom is 0.161 e. The monoisotopic (exact) mass is 292 g/mol. The molecule has 0 aliphatic carbocycles. The molecular formula is C17H28N2O2. The first-order valence-corrected chi connectivity index (χ1v) is 8.06. The number of rotatable bonds is 7. The zero-order valence-corrected chi connectivity index (χ0v) is 13.5. The molecule has 21 heavy (non-hydrogen) atoms. The van der Waals surface area contributed by atoms with E-state index in [1.165, 1.54) is 12.0 Å². The highest BCUT2D eigenvalue weighted by Gasteiger charge is 2.17. The summed E-state index contributed by atoms with van der Waals surface area (Å²) in [7, 11) is 2.18. The molecule has 0 bridgehead atoms. The topological polar surface area (TPSA) is 33.7 Å². The standard InChI is InChI=1S/C17H28N2O2/c1-4-9-19(3)13-15(18-5-2)14-7-8-16-17(12-14)21-11-6-10-20-16/h7-8,12,15,18H,4-6,9-11,13H2,1-3H3. The van der Waals surface area contributed by atoms with Crippen LogP contribution in [0.3, 0.4) is 0 Å². The highest BCUT2D eigenvalue weighted by Crippen LogP contribution is 2.32. The third-order valence-corrected chi connectivity index (χ3v) is 3.72. The van der Waals surface area contributed by atoms with Crippen LogP contribution < -0.4 is 14.8 Å². The predicted molar refractivity (Wildman–Crippen MR) is 86.3 cm³/mol. The average Bonchev–Trinajstić information content (AvgIpc) is 2.71. The Morgan fingerprint density at radius 3 is 2.67 bits per heavy atom. The molecule has 1 aromatic carbocycles. The third-order valence-electron chi connectivity index (χ3n) is 3.72. The fourth-order valence-electron chi connectivity index (χ4n) is 2.72. The number of hydrogen-bond acceptors (Lipinski definition) is 4. The fourth-order valence-corrected chi connectivity index (χ4v) is 2.72. The lowest BCUT2D eigenvalue weighted by atomic mass is 10.1. The highest BCUT2D eigenvalue weighted by atomic mass is 16.5. The molecule has 0 spiro atoms. The quantitative estimate of drug-likeness (QED) is 0.838. The molecule has 1 atom stereocenters. The fraction of sp³-hybridized carbons (Fsp3) is 0.647. The SMILES string of the molecule is CCCN(C)CC(NCC)c1ccc2c(c1)OCCCO2. The van der Waals surface area contributed by atoms with Gasteiger partial charge in [-0.05, 0) is 44.3 Å². The van der Waals surface area contributed by atoms with Crippen LogP contribution in [0.25, 0.3) is 0 Å². The highest BCUT2D eigenvalue weighted by molar-refractivity contribution is 5.44. The van der Waals surface area contributed by atoms with Crippen molar-refractivity contribution in [2.24, 2.45) is 0 Å². The Kier molecular flexibility index (Phi) is 6.33. The second-order valence-corrected chi connectivity index (χ2v) is 5.63. The van der Waals surface area contributed by atoms with Crippen molar-refractivity contribution >= 4 is 0 Å². The van der Waals surface area contributed by atoms with E-state index in [1.807, 2.05) is 6.07 Å². The summed E-state index contributed by atoms with van der Waals surface area (Å²) in [6, 6.07) is 6.65. The first kappa shape index (κ1) is 16.1. The van der Waals surface area contributed by atoms with Gasteiger partial charge in [0, 0.05) is 19.0 Å². The Bertz CT molecular complexity index is 437. The van der Waals surface area contributed by atoms with Crippen LogP contribution in [0, 0.1) is 0 Å². The molecule has 1 N–H and O–H groups in total. The van der Waals surface area contributed by atoms with Gasteiger partial charge in [-0.1, -0.05) is 19.9 Å². The Labute approximate surface area is 128 Å². The summed E-state index contributed by atoms with van der Waals surface area (Å²) in [5.74, 6) is 1.75. The smallest absolute Gasteiger partial charge is 0.161 e. The minimum atomic E-state index is 0.323. The number of ether oxygens (including phenoxy) is 2. The van der Waals surface area contributed by atoms with E-state index < -0.39 is 0 Å². The molecule has 0 saturated carbocycles. The van der Waals surface area contributed by atoms with Crippen LogP contribution in [0.2, 0.25) is 0 Å². The molecule has 0 radical (unpaired) electrons. The van der Waals surface area contributed by atoms with Crippen LogP contribution >= 0.6 is 0 Å². The van der Waals surface area contributed by atoms with E-state index in [1.54, 1.807) is 0 Å². The molecule has 1 aliphatic heterocycles. The van der Waals surface area contributed by atoms with Gasteiger partial charge in [-0.3, -0.25) is 0 Å². The summed E-state index contributed by atoms with van der Waals surface area (Å²) in [5, 5.41) is 3.57. The van der Waals surface area contributed by atoms with E-state index in [-0.39, 0.29) is 0 Å². The van der Waals surface area contributed by atoms with Gasteiger partial charge >= 0.3 is 0 Å². The van der Waals surface area contributed by atoms with Gasteiger partial charge in [-0.15, -0.1) is 0 Å². The summed E-state index contributed by atoms with van der Waals surface area (Å²) < 4.78 is 11.5. The van der Waals surface area contributed by atoms with E-state index in [4.69, 9.17) is 9.47 Å². The minimum absolute atomic E-state index is 0.323. The van der Waals surface area contributed by atoms with Crippen LogP contribution in [0.15, 0.2) is 18.2 Å². The van der Waals surface area contributed by atoms with Gasteiger partial charge in [0.2, 0.25) is 0 Å². The molecular weight excluding hydrogens is 264 g/mol. The Morgan fingerprint density at radius 1 is 1.19 bits per heavy atom. The molecule has 1 heterocycles. The Morgan fingerprint density at radius 2 is 1.95 bits per heavy atom. The molecule has 4 nitrogen and oxygen atoms in total. The van der Waals surface area contributed by atoms with Crippen molar-refractivity contribution in [3.05, 3.63) is 23.8 Å². The van der Waals surface area contributed by atoms with E-state index in [0.29, 0.717) is 6.04 Å². The third kappa shape index (κ3) is 4.61. The first-order valence-electron chi connectivity index (χ1n) is 8.06. The van der Waals surface area contributed by atoms with Gasteiger partial charge < -0.3 is 19.7 Å². The normalized spacial score (nSPS) is 15.8. The van der Waals surface area contributed by atoms with Crippen molar-refractivity contribution in [2.75, 3.05) is 39.9 Å². The molecule has 0 aromatic heterocycles. The van der Waals surface area contributed by atoms with Gasteiger partial charge in [-0.25, -0.2) is 0 Å². The summed E-state index contributed by atoms with van der Waals surface area (Å²) >= 11 is 0. The number of fused-ring (bicyclic) bond motifs is 1. The molecule has 4 heteroatoms. The first-order chi connectivity index (χ1) is 10.2. The van der Waals surface area contributed by atoms with E-state index in [2.05, 4.69) is 43.2 Å². The minimum Gasteiger partial charge on any atom is -0.490 e. The Balaban J connectivity index is 2.13. The second-order valence-electron chi connectivity index (χ2n) is 5.63. The van der Waals surface area contributed by atoms with Crippen molar-refractivity contribution in [3.8, 4) is 11.5 Å². The number of benzene rings is 1.